The minimum Gasteiger partial charge on any atom is -0.456 e. The molecule has 17 aromatic rings. The van der Waals surface area contributed by atoms with Gasteiger partial charge >= 0.3 is 0 Å². The molecule has 15 aromatic carbocycles. The number of para-hydroxylation sites is 2. The summed E-state index contributed by atoms with van der Waals surface area (Å²) < 4.78 is 13.2. The molecule has 6 nitrogen and oxygen atoms in total. The first-order valence-corrected chi connectivity index (χ1v) is 37.1. The zero-order chi connectivity index (χ0) is 72.2. The molecule has 0 N–H and O–H groups in total. The molecule has 2 aliphatic heterocycles. The van der Waals surface area contributed by atoms with Gasteiger partial charge in [0.05, 0.1) is 11.4 Å². The number of benzene rings is 15. The number of nitrogens with zero attached hydrogens (tertiary/aromatic N) is 4. The summed E-state index contributed by atoms with van der Waals surface area (Å²) >= 11 is 0. The predicted octanol–water partition coefficient (Wildman–Crippen LogP) is 27.9. The normalized spacial score (nSPS) is 13.1. The number of pyridine rings is 2. The molecule has 21 rings (SSSR count). The van der Waals surface area contributed by atoms with Gasteiger partial charge < -0.3 is 19.3 Å². The minimum atomic E-state index is -0.161. The maximum absolute atomic E-state index is 6.64. The minimum absolute atomic E-state index is 0.124. The van der Waals surface area contributed by atoms with Crippen molar-refractivity contribution in [2.45, 2.75) is 38.5 Å². The van der Waals surface area contributed by atoms with E-state index in [4.69, 9.17) is 9.47 Å². The second-order valence-electron chi connectivity index (χ2n) is 29.5. The van der Waals surface area contributed by atoms with E-state index in [0.29, 0.717) is 0 Å². The lowest BCUT2D eigenvalue weighted by Crippen LogP contribution is -2.17. The summed E-state index contributed by atoms with van der Waals surface area (Å²) in [5, 5.41) is 4.65. The van der Waals surface area contributed by atoms with Crippen LogP contribution in [0, 0.1) is 0 Å². The highest BCUT2D eigenvalue weighted by Crippen LogP contribution is 2.57. The van der Waals surface area contributed by atoms with Gasteiger partial charge in [-0.1, -0.05) is 276 Å². The van der Waals surface area contributed by atoms with E-state index in [-0.39, 0.29) is 10.8 Å². The molecule has 0 bridgehead atoms. The van der Waals surface area contributed by atoms with E-state index in [1.807, 2.05) is 36.7 Å². The van der Waals surface area contributed by atoms with E-state index in [2.05, 4.69) is 363 Å². The Morgan fingerprint density at radius 2 is 0.574 bits per heavy atom. The number of ether oxygens (including phenoxy) is 2. The standard InChI is InChI=1S/C54H38N2O.C48H34N2O/c1-54(2)48-22-11-9-18-41(48)42-25-24-39(33-49(42)54)56(40-31-37(35-14-5-3-6-15-35)30-38(32-40)36-16-7-4-8-17-36)50-27-26-45-47-34-55-29-28-52(47)57-51-23-12-10-19-43(51)44-20-13-21-46(50)53(44)45;1-48(2)42-17-8-6-13-35(42)36-24-23-34(29-43(36)48)50(33-21-19-32(20-22-33)31-11-4-3-5-12-31)44-26-25-39-41-30-49-28-27-46(41)51-45-18-9-7-14-37(45)38-15-10-16-40(44)47(38)39/h3-34H,1-2H3;3-30H,1-2H3. The van der Waals surface area contributed by atoms with E-state index < -0.39 is 0 Å². The van der Waals surface area contributed by atoms with Crippen LogP contribution in [0.4, 0.5) is 34.1 Å². The van der Waals surface area contributed by atoms with Gasteiger partial charge in [0.25, 0.3) is 0 Å². The third kappa shape index (κ3) is 10.5. The summed E-state index contributed by atoms with van der Waals surface area (Å²) in [6.07, 6.45) is 7.46. The first kappa shape index (κ1) is 64.0. The highest BCUT2D eigenvalue weighted by molar-refractivity contribution is 6.16. The topological polar surface area (TPSA) is 50.7 Å². The van der Waals surface area contributed by atoms with E-state index in [1.54, 1.807) is 12.4 Å². The van der Waals surface area contributed by atoms with Crippen LogP contribution in [0.2, 0.25) is 0 Å². The number of hydrogen-bond acceptors (Lipinski definition) is 6. The maximum Gasteiger partial charge on any atom is 0.138 e. The van der Waals surface area contributed by atoms with Gasteiger partial charge in [-0.25, -0.2) is 0 Å². The number of anilines is 6. The van der Waals surface area contributed by atoms with Gasteiger partial charge in [0.1, 0.15) is 23.0 Å². The Morgan fingerprint density at radius 3 is 1.04 bits per heavy atom. The quantitative estimate of drug-likeness (QED) is 0.144. The lowest BCUT2D eigenvalue weighted by molar-refractivity contribution is 0.485. The van der Waals surface area contributed by atoms with Crippen molar-refractivity contribution in [3.63, 3.8) is 0 Å². The monoisotopic (exact) mass is 1380 g/mol. The first-order valence-electron chi connectivity index (χ1n) is 37.1. The summed E-state index contributed by atoms with van der Waals surface area (Å²) in [4.78, 5) is 14.0. The molecule has 6 heteroatoms. The van der Waals surface area contributed by atoms with Crippen molar-refractivity contribution >= 4 is 55.7 Å². The SMILES string of the molecule is CC1(C)c2ccccc2-c2ccc(N(c3cc(-c4ccccc4)cc(-c4ccccc4)c3)c3ccc4c5c(cccc35)-c3ccccc3Oc3ccncc3-4)cc21.CC1(C)c2ccccc2-c2ccc(N(c3ccc(-c4ccccc4)cc3)c3ccc4c5c(cccc35)-c3ccccc3Oc3ccncc3-4)cc21. The molecule has 0 radical (unpaired) electrons. The molecule has 4 aliphatic rings. The van der Waals surface area contributed by atoms with Crippen LogP contribution in [-0.4, -0.2) is 9.97 Å². The molecular formula is C102H72N4O2. The molecule has 0 saturated heterocycles. The second kappa shape index (κ2) is 25.6. The van der Waals surface area contributed by atoms with Gasteiger partial charge in [0.2, 0.25) is 0 Å². The lowest BCUT2D eigenvalue weighted by Gasteiger charge is -2.31. The second-order valence-corrected chi connectivity index (χ2v) is 29.5. The Balaban J connectivity index is 0.000000143. The molecule has 512 valence electrons. The predicted molar refractivity (Wildman–Crippen MR) is 446 cm³/mol. The Morgan fingerprint density at radius 1 is 0.231 bits per heavy atom. The van der Waals surface area contributed by atoms with E-state index in [0.717, 1.165) is 124 Å². The van der Waals surface area contributed by atoms with Gasteiger partial charge in [0, 0.05) is 91.4 Å². The van der Waals surface area contributed by atoms with Crippen molar-refractivity contribution in [2.75, 3.05) is 9.80 Å². The van der Waals surface area contributed by atoms with Gasteiger partial charge in [0.15, 0.2) is 0 Å². The van der Waals surface area contributed by atoms with Gasteiger partial charge in [-0.3, -0.25) is 9.97 Å². The fraction of sp³-hybridized carbons (Fsp3) is 0.0588. The fourth-order valence-corrected chi connectivity index (χ4v) is 17.5. The first-order chi connectivity index (χ1) is 53.1. The highest BCUT2D eigenvalue weighted by atomic mass is 16.5. The number of rotatable bonds is 9. The molecule has 2 aliphatic carbocycles. The van der Waals surface area contributed by atoms with Crippen LogP contribution in [0.15, 0.2) is 365 Å². The molecule has 4 heterocycles. The van der Waals surface area contributed by atoms with Crippen molar-refractivity contribution in [3.05, 3.63) is 387 Å². The van der Waals surface area contributed by atoms with Gasteiger partial charge in [-0.2, -0.15) is 0 Å². The molecule has 0 amide bonds. The molecular weight excluding hydrogens is 1310 g/mol. The molecule has 0 fully saturated rings. The smallest absolute Gasteiger partial charge is 0.138 e. The van der Waals surface area contributed by atoms with Crippen LogP contribution in [-0.2, 0) is 10.8 Å². The largest absolute Gasteiger partial charge is 0.456 e. The number of aromatic nitrogens is 2. The third-order valence-corrected chi connectivity index (χ3v) is 22.7. The van der Waals surface area contributed by atoms with E-state index in [9.17, 15) is 0 Å². The summed E-state index contributed by atoms with van der Waals surface area (Å²) in [6, 6.07) is 123. The van der Waals surface area contributed by atoms with Crippen molar-refractivity contribution < 1.29 is 9.47 Å². The van der Waals surface area contributed by atoms with Crippen LogP contribution in [0.3, 0.4) is 0 Å². The van der Waals surface area contributed by atoms with Crippen LogP contribution in [0.25, 0.3) is 122 Å². The van der Waals surface area contributed by atoms with Crippen LogP contribution in [0.5, 0.6) is 23.0 Å². The van der Waals surface area contributed by atoms with Crippen molar-refractivity contribution in [1.82, 2.24) is 9.97 Å². The molecule has 0 spiro atoms. The molecule has 0 atom stereocenters. The Labute approximate surface area is 629 Å². The van der Waals surface area contributed by atoms with Gasteiger partial charge in [-0.05, 0) is 202 Å². The zero-order valence-corrected chi connectivity index (χ0v) is 60.2. The summed E-state index contributed by atoms with van der Waals surface area (Å²) in [7, 11) is 0. The summed E-state index contributed by atoms with van der Waals surface area (Å²) in [5.74, 6) is 3.26. The molecule has 108 heavy (non-hydrogen) atoms. The Bertz CT molecular complexity index is 6280. The zero-order valence-electron chi connectivity index (χ0n) is 60.2. The van der Waals surface area contributed by atoms with Crippen molar-refractivity contribution in [1.29, 1.82) is 0 Å². The van der Waals surface area contributed by atoms with Crippen molar-refractivity contribution in [3.8, 4) is 123 Å². The van der Waals surface area contributed by atoms with Crippen LogP contribution < -0.4 is 19.3 Å². The summed E-state index contributed by atoms with van der Waals surface area (Å²) in [5.41, 5.74) is 32.6. The average Bonchev–Trinajstić information content (AvgIpc) is 1.03. The highest BCUT2D eigenvalue weighted by Gasteiger charge is 2.38. The van der Waals surface area contributed by atoms with E-state index >= 15 is 0 Å². The number of hydrogen-bond donors (Lipinski definition) is 0. The fourth-order valence-electron chi connectivity index (χ4n) is 17.5. The summed E-state index contributed by atoms with van der Waals surface area (Å²) in [6.45, 7) is 9.41. The van der Waals surface area contributed by atoms with Gasteiger partial charge in [-0.15, -0.1) is 0 Å². The Hall–Kier alpha value is -13.7. The third-order valence-electron chi connectivity index (χ3n) is 22.7. The average molecular weight is 1390 g/mol. The van der Waals surface area contributed by atoms with E-state index in [1.165, 1.54) is 77.5 Å². The Kier molecular flexibility index (Phi) is 15.2. The lowest BCUT2D eigenvalue weighted by atomic mass is 9.82. The van der Waals surface area contributed by atoms with Crippen LogP contribution in [0.1, 0.15) is 49.9 Å². The van der Waals surface area contributed by atoms with Crippen molar-refractivity contribution in [2.24, 2.45) is 0 Å². The molecule has 0 saturated carbocycles. The molecule has 0 unspecified atom stereocenters. The maximum atomic E-state index is 6.64. The molecule has 2 aromatic heterocycles. The number of fused-ring (bicyclic) bond motifs is 14. The van der Waals surface area contributed by atoms with Crippen LogP contribution >= 0.6 is 0 Å².